The molecule has 0 aliphatic carbocycles. The van der Waals surface area contributed by atoms with Gasteiger partial charge in [0.25, 0.3) is 5.92 Å². The molecular formula is C80H70F2N12O8. The number of nitrogens with zero attached hydrogens (tertiary/aromatic N) is 12. The van der Waals surface area contributed by atoms with E-state index in [1.165, 1.54) is 18.2 Å². The lowest BCUT2D eigenvalue weighted by molar-refractivity contribution is 0.0170. The minimum absolute atomic E-state index is 0.0433. The lowest BCUT2D eigenvalue weighted by Crippen LogP contribution is -2.11. The standard InChI is InChI=1S/C20H17F2N3O2.2C20H19N3O2.C20H15N3O2/c1-13-8-17(27-16-4-3-7-23-12-16)10-18(25-13)19(26)9-15-6-5-14(11-24-15)20(2,21)22;2*1-13-7-8-17(12-21-13)25-18-9-15(3)23-19(11-18)20(24)10-16-6-4-5-14(2)22-16;1-3-15-6-7-16(22-12-15)10-20(24)19-11-18(9-14(2)23-19)25-17-5-4-8-21-13-17/h3-8,10-12H,9H2,1-2H3;2*4-9,11-12H,10H2,1-3H3;1,4-9,11-13H,10H2,2H3. The summed E-state index contributed by atoms with van der Waals surface area (Å²) in [6.07, 6.45) is 18.3. The molecule has 0 N–H and O–H groups in total. The highest BCUT2D eigenvalue weighted by Crippen LogP contribution is 2.29. The van der Waals surface area contributed by atoms with E-state index in [-0.39, 0.29) is 60.1 Å². The summed E-state index contributed by atoms with van der Waals surface area (Å²) in [6.45, 7) is 15.7. The Labute approximate surface area is 588 Å². The minimum atomic E-state index is -2.97. The molecule has 0 aliphatic heterocycles. The first-order chi connectivity index (χ1) is 48.9. The van der Waals surface area contributed by atoms with Crippen molar-refractivity contribution in [1.82, 2.24) is 59.8 Å². The Morgan fingerprint density at radius 3 is 1.01 bits per heavy atom. The van der Waals surface area contributed by atoms with Crippen LogP contribution in [0.1, 0.15) is 128 Å². The average molecular weight is 1370 g/mol. The number of terminal acetylenes is 1. The van der Waals surface area contributed by atoms with Gasteiger partial charge in [-0.1, -0.05) is 18.1 Å². The summed E-state index contributed by atoms with van der Waals surface area (Å²) in [4.78, 5) is 101. The number of hydrogen-bond donors (Lipinski definition) is 0. The van der Waals surface area contributed by atoms with Gasteiger partial charge in [-0.05, 0) is 152 Å². The highest BCUT2D eigenvalue weighted by Gasteiger charge is 2.25. The van der Waals surface area contributed by atoms with Crippen molar-refractivity contribution in [1.29, 1.82) is 0 Å². The molecule has 0 bridgehead atoms. The SMILES string of the molecule is C#Cc1ccc(CC(=O)c2cc(Oc3cccnc3)cc(C)n2)nc1.Cc1cc(Oc2cccnc2)cc(C(=O)Cc2ccc(C(C)(F)F)cn2)n1.Cc1ccc(Oc2cc(C)nc(C(=O)Cc3cccc(C)n3)c2)cn1.Cc1ccc(Oc2cc(C)nc(C(=O)Cc3cccc(C)n3)c2)cn1. The maximum atomic E-state index is 13.2. The maximum Gasteiger partial charge on any atom is 0.272 e. The molecule has 0 atom stereocenters. The average Bonchev–Trinajstić information content (AvgIpc) is 0.862. The fraction of sp³-hybridized carbons (Fsp3) is 0.175. The predicted molar refractivity (Wildman–Crippen MR) is 379 cm³/mol. The Hall–Kier alpha value is -12.9. The van der Waals surface area contributed by atoms with Crippen LogP contribution in [-0.2, 0) is 31.6 Å². The first-order valence-electron chi connectivity index (χ1n) is 32.0. The van der Waals surface area contributed by atoms with E-state index >= 15 is 0 Å². The number of carbonyl (C=O) groups excluding carboxylic acids is 4. The Morgan fingerprint density at radius 1 is 0.353 bits per heavy atom. The number of Topliss-reactive ketones (excluding diaryl/α,β-unsaturated/α-hetero) is 4. The summed E-state index contributed by atoms with van der Waals surface area (Å²) in [5, 5.41) is 0. The van der Waals surface area contributed by atoms with Gasteiger partial charge in [0.15, 0.2) is 23.1 Å². The van der Waals surface area contributed by atoms with E-state index in [4.69, 9.17) is 25.4 Å². The molecule has 0 saturated carbocycles. The van der Waals surface area contributed by atoms with Crippen molar-refractivity contribution in [3.05, 3.63) is 310 Å². The molecule has 0 amide bonds. The van der Waals surface area contributed by atoms with Gasteiger partial charge in [0.2, 0.25) is 0 Å². The summed E-state index contributed by atoms with van der Waals surface area (Å²) in [5.41, 5.74) is 10.7. The van der Waals surface area contributed by atoms with Crippen LogP contribution in [0, 0.1) is 67.7 Å². The van der Waals surface area contributed by atoms with Gasteiger partial charge < -0.3 is 18.9 Å². The molecule has 0 fully saturated rings. The molecule has 102 heavy (non-hydrogen) atoms. The van der Waals surface area contributed by atoms with Gasteiger partial charge in [-0.2, -0.15) is 0 Å². The Kier molecular flexibility index (Phi) is 25.2. The summed E-state index contributed by atoms with van der Waals surface area (Å²) in [6, 6.07) is 45.5. The molecule has 0 saturated heterocycles. The molecule has 12 rings (SSSR count). The van der Waals surface area contributed by atoms with E-state index < -0.39 is 5.92 Å². The van der Waals surface area contributed by atoms with Crippen LogP contribution in [0.25, 0.3) is 0 Å². The third-order valence-electron chi connectivity index (χ3n) is 14.4. The summed E-state index contributed by atoms with van der Waals surface area (Å²) in [7, 11) is 0. The van der Waals surface area contributed by atoms with Crippen molar-refractivity contribution >= 4 is 23.1 Å². The van der Waals surface area contributed by atoms with E-state index in [2.05, 4.69) is 65.7 Å². The second-order valence-electron chi connectivity index (χ2n) is 23.4. The van der Waals surface area contributed by atoms with Crippen LogP contribution in [0.5, 0.6) is 46.0 Å². The molecule has 0 spiro atoms. The van der Waals surface area contributed by atoms with Crippen molar-refractivity contribution in [3.63, 3.8) is 0 Å². The molecule has 0 aliphatic rings. The molecule has 12 aromatic heterocycles. The third-order valence-corrected chi connectivity index (χ3v) is 14.4. The number of aryl methyl sites for hydroxylation is 8. The monoisotopic (exact) mass is 1360 g/mol. The number of carbonyl (C=O) groups is 4. The van der Waals surface area contributed by atoms with E-state index in [0.717, 1.165) is 58.7 Å². The molecular weight excluding hydrogens is 1290 g/mol. The van der Waals surface area contributed by atoms with Gasteiger partial charge in [-0.3, -0.25) is 59.0 Å². The Bertz CT molecular complexity index is 4770. The molecule has 512 valence electrons. The number of pyridine rings is 12. The number of ketones is 4. The second kappa shape index (κ2) is 35.0. The topological polar surface area (TPSA) is 260 Å². The van der Waals surface area contributed by atoms with Gasteiger partial charge in [0, 0.05) is 160 Å². The first-order valence-corrected chi connectivity index (χ1v) is 32.0. The van der Waals surface area contributed by atoms with Crippen LogP contribution in [-0.4, -0.2) is 82.9 Å². The summed E-state index contributed by atoms with van der Waals surface area (Å²) < 4.78 is 49.5. The number of hydrogen-bond acceptors (Lipinski definition) is 20. The molecule has 12 heterocycles. The van der Waals surface area contributed by atoms with E-state index in [0.29, 0.717) is 91.4 Å². The van der Waals surface area contributed by atoms with Crippen LogP contribution in [0.15, 0.2) is 207 Å². The van der Waals surface area contributed by atoms with Crippen molar-refractivity contribution in [2.24, 2.45) is 0 Å². The van der Waals surface area contributed by atoms with Crippen LogP contribution in [0.2, 0.25) is 0 Å². The zero-order valence-electron chi connectivity index (χ0n) is 57.4. The number of alkyl halides is 2. The van der Waals surface area contributed by atoms with Gasteiger partial charge in [-0.25, -0.2) is 28.7 Å². The van der Waals surface area contributed by atoms with Crippen LogP contribution < -0.4 is 18.9 Å². The number of aromatic nitrogens is 12. The zero-order chi connectivity index (χ0) is 72.7. The molecule has 0 radical (unpaired) electrons. The quantitative estimate of drug-likeness (QED) is 0.0478. The number of halogens is 2. The lowest BCUT2D eigenvalue weighted by Gasteiger charge is -2.10. The lowest BCUT2D eigenvalue weighted by atomic mass is 10.1. The normalized spacial score (nSPS) is 10.6. The molecule has 0 aromatic carbocycles. The van der Waals surface area contributed by atoms with E-state index in [1.807, 2.05) is 109 Å². The molecule has 12 aromatic rings. The van der Waals surface area contributed by atoms with Crippen molar-refractivity contribution < 1.29 is 46.9 Å². The largest absolute Gasteiger partial charge is 0.456 e. The highest BCUT2D eigenvalue weighted by atomic mass is 19.3. The predicted octanol–water partition coefficient (Wildman–Crippen LogP) is 15.9. The van der Waals surface area contributed by atoms with E-state index in [9.17, 15) is 28.0 Å². The molecule has 0 unspecified atom stereocenters. The fourth-order valence-corrected chi connectivity index (χ4v) is 9.56. The summed E-state index contributed by atoms with van der Waals surface area (Å²) in [5.74, 6) is 3.45. The van der Waals surface area contributed by atoms with Crippen LogP contribution in [0.3, 0.4) is 0 Å². The van der Waals surface area contributed by atoms with Gasteiger partial charge in [0.05, 0.1) is 50.5 Å². The van der Waals surface area contributed by atoms with Gasteiger partial charge in [-0.15, -0.1) is 6.42 Å². The van der Waals surface area contributed by atoms with Crippen molar-refractivity contribution in [2.45, 2.75) is 93.9 Å². The van der Waals surface area contributed by atoms with E-state index in [1.54, 1.807) is 129 Å². The third kappa shape index (κ3) is 23.1. The fourth-order valence-electron chi connectivity index (χ4n) is 9.56. The number of ether oxygens (including phenoxy) is 4. The number of rotatable bonds is 21. The van der Waals surface area contributed by atoms with Gasteiger partial charge >= 0.3 is 0 Å². The Balaban J connectivity index is 0.000000158. The van der Waals surface area contributed by atoms with Crippen molar-refractivity contribution in [3.8, 4) is 58.3 Å². The van der Waals surface area contributed by atoms with Crippen molar-refractivity contribution in [2.75, 3.05) is 0 Å². The Morgan fingerprint density at radius 2 is 0.716 bits per heavy atom. The van der Waals surface area contributed by atoms with Crippen LogP contribution in [0.4, 0.5) is 8.78 Å². The second-order valence-corrected chi connectivity index (χ2v) is 23.4. The maximum absolute atomic E-state index is 13.2. The van der Waals surface area contributed by atoms with Crippen LogP contribution >= 0.6 is 0 Å². The smallest absolute Gasteiger partial charge is 0.272 e. The first kappa shape index (κ1) is 73.3. The summed E-state index contributed by atoms with van der Waals surface area (Å²) >= 11 is 0. The minimum Gasteiger partial charge on any atom is -0.456 e. The molecule has 20 nitrogen and oxygen atoms in total. The molecule has 22 heteroatoms. The highest BCUT2D eigenvalue weighted by molar-refractivity contribution is 5.97. The van der Waals surface area contributed by atoms with Gasteiger partial charge in [0.1, 0.15) is 68.8 Å². The zero-order valence-corrected chi connectivity index (χ0v) is 57.4.